The second-order valence-corrected chi connectivity index (χ2v) is 5.88. The van der Waals surface area contributed by atoms with Gasteiger partial charge in [-0.15, -0.1) is 0 Å². The van der Waals surface area contributed by atoms with Crippen molar-refractivity contribution in [2.75, 3.05) is 18.0 Å². The molecule has 0 bridgehead atoms. The van der Waals surface area contributed by atoms with Crippen molar-refractivity contribution in [3.05, 3.63) is 39.8 Å². The lowest BCUT2D eigenvalue weighted by Crippen LogP contribution is -2.30. The van der Waals surface area contributed by atoms with Crippen LogP contribution < -0.4 is 4.90 Å². The van der Waals surface area contributed by atoms with E-state index in [9.17, 15) is 9.59 Å². The molecule has 1 amide bonds. The van der Waals surface area contributed by atoms with Crippen LogP contribution in [0.4, 0.5) is 5.69 Å². The standard InChI is InChI=1S/C17H22N4O2/c1-13-8-9-15-14(12-13)16(22)17(23)21(15)11-7-5-3-2-4-6-10-19-20-18/h8-9,12H,2-7,10-11H2,1H3. The minimum atomic E-state index is -0.403. The number of carbonyl (C=O) groups is 2. The van der Waals surface area contributed by atoms with E-state index in [1.54, 1.807) is 11.0 Å². The van der Waals surface area contributed by atoms with Gasteiger partial charge >= 0.3 is 0 Å². The third-order valence-corrected chi connectivity index (χ3v) is 4.08. The third-order valence-electron chi connectivity index (χ3n) is 4.08. The molecular weight excluding hydrogens is 292 g/mol. The Hall–Kier alpha value is -2.33. The Morgan fingerprint density at radius 1 is 1.09 bits per heavy atom. The van der Waals surface area contributed by atoms with Gasteiger partial charge in [0.1, 0.15) is 0 Å². The Kier molecular flexibility index (Phi) is 6.18. The molecule has 0 aliphatic carbocycles. The summed E-state index contributed by atoms with van der Waals surface area (Å²) in [6.45, 7) is 3.08. The highest BCUT2D eigenvalue weighted by molar-refractivity contribution is 6.52. The van der Waals surface area contributed by atoms with Crippen molar-refractivity contribution in [2.24, 2.45) is 5.11 Å². The lowest BCUT2D eigenvalue weighted by Gasteiger charge is -2.16. The highest BCUT2D eigenvalue weighted by Crippen LogP contribution is 2.29. The molecule has 0 saturated heterocycles. The predicted molar refractivity (Wildman–Crippen MR) is 89.6 cm³/mol. The Bertz CT molecular complexity index is 635. The van der Waals surface area contributed by atoms with Gasteiger partial charge in [0, 0.05) is 18.0 Å². The van der Waals surface area contributed by atoms with Crippen LogP contribution in [0.25, 0.3) is 10.4 Å². The van der Waals surface area contributed by atoms with E-state index < -0.39 is 5.91 Å². The summed E-state index contributed by atoms with van der Waals surface area (Å²) in [5.41, 5.74) is 10.4. The number of unbranched alkanes of at least 4 members (excludes halogenated alkanes) is 5. The number of rotatable bonds is 9. The van der Waals surface area contributed by atoms with Crippen LogP contribution in [0.1, 0.15) is 54.4 Å². The van der Waals surface area contributed by atoms with E-state index in [0.29, 0.717) is 18.7 Å². The van der Waals surface area contributed by atoms with Gasteiger partial charge < -0.3 is 4.90 Å². The minimum Gasteiger partial charge on any atom is -0.305 e. The number of benzene rings is 1. The summed E-state index contributed by atoms with van der Waals surface area (Å²) in [6, 6.07) is 5.59. The van der Waals surface area contributed by atoms with Crippen molar-refractivity contribution in [2.45, 2.75) is 45.4 Å². The second kappa shape index (κ2) is 8.34. The van der Waals surface area contributed by atoms with E-state index >= 15 is 0 Å². The number of anilines is 1. The molecule has 0 atom stereocenters. The number of aryl methyl sites for hydroxylation is 1. The van der Waals surface area contributed by atoms with Crippen molar-refractivity contribution >= 4 is 17.4 Å². The summed E-state index contributed by atoms with van der Waals surface area (Å²) >= 11 is 0. The summed E-state index contributed by atoms with van der Waals surface area (Å²) in [6.07, 6.45) is 6.10. The number of fused-ring (bicyclic) bond motifs is 1. The normalized spacial score (nSPS) is 13.2. The van der Waals surface area contributed by atoms with Crippen LogP contribution in [-0.4, -0.2) is 24.8 Å². The number of azide groups is 1. The molecule has 1 heterocycles. The van der Waals surface area contributed by atoms with Crippen molar-refractivity contribution in [1.82, 2.24) is 0 Å². The first-order valence-corrected chi connectivity index (χ1v) is 8.13. The molecule has 0 unspecified atom stereocenters. The van der Waals surface area contributed by atoms with Gasteiger partial charge in [-0.25, -0.2) is 0 Å². The highest BCUT2D eigenvalue weighted by Gasteiger charge is 2.35. The summed E-state index contributed by atoms with van der Waals surface area (Å²) in [7, 11) is 0. The quantitative estimate of drug-likeness (QED) is 0.225. The fraction of sp³-hybridized carbons (Fsp3) is 0.529. The average molecular weight is 314 g/mol. The Balaban J connectivity index is 1.73. The fourth-order valence-corrected chi connectivity index (χ4v) is 2.84. The highest BCUT2D eigenvalue weighted by atomic mass is 16.2. The first-order chi connectivity index (χ1) is 11.1. The topological polar surface area (TPSA) is 86.1 Å². The molecule has 0 spiro atoms. The molecule has 122 valence electrons. The lowest BCUT2D eigenvalue weighted by atomic mass is 10.1. The first kappa shape index (κ1) is 17.0. The Morgan fingerprint density at radius 3 is 2.52 bits per heavy atom. The van der Waals surface area contributed by atoms with Crippen molar-refractivity contribution in [3.63, 3.8) is 0 Å². The smallest absolute Gasteiger partial charge is 0.299 e. The van der Waals surface area contributed by atoms with E-state index in [2.05, 4.69) is 10.0 Å². The van der Waals surface area contributed by atoms with Crippen LogP contribution in [-0.2, 0) is 4.79 Å². The maximum Gasteiger partial charge on any atom is 0.299 e. The molecule has 6 heteroatoms. The molecule has 2 rings (SSSR count). The van der Waals surface area contributed by atoms with Gasteiger partial charge in [0.05, 0.1) is 11.3 Å². The van der Waals surface area contributed by atoms with Crippen LogP contribution in [0.15, 0.2) is 23.3 Å². The number of ketones is 1. The largest absolute Gasteiger partial charge is 0.305 e. The number of nitrogens with zero attached hydrogens (tertiary/aromatic N) is 4. The number of carbonyl (C=O) groups excluding carboxylic acids is 2. The van der Waals surface area contributed by atoms with Crippen molar-refractivity contribution in [1.29, 1.82) is 0 Å². The van der Waals surface area contributed by atoms with Crippen LogP contribution in [0.3, 0.4) is 0 Å². The summed E-state index contributed by atoms with van der Waals surface area (Å²) in [5, 5.41) is 3.51. The maximum atomic E-state index is 12.1. The summed E-state index contributed by atoms with van der Waals surface area (Å²) in [5.74, 6) is -0.790. The molecule has 0 fully saturated rings. The lowest BCUT2D eigenvalue weighted by molar-refractivity contribution is -0.114. The summed E-state index contributed by atoms with van der Waals surface area (Å²) < 4.78 is 0. The number of Topliss-reactive ketones (excluding diaryl/α,β-unsaturated/α-hetero) is 1. The maximum absolute atomic E-state index is 12.1. The molecule has 0 N–H and O–H groups in total. The predicted octanol–water partition coefficient (Wildman–Crippen LogP) is 4.18. The molecule has 0 aromatic heterocycles. The van der Waals surface area contributed by atoms with E-state index in [0.717, 1.165) is 49.8 Å². The second-order valence-electron chi connectivity index (χ2n) is 5.88. The number of hydrogen-bond acceptors (Lipinski definition) is 3. The van der Waals surface area contributed by atoms with Crippen LogP contribution in [0.5, 0.6) is 0 Å². The summed E-state index contributed by atoms with van der Waals surface area (Å²) in [4.78, 5) is 28.4. The minimum absolute atomic E-state index is 0.387. The zero-order valence-electron chi connectivity index (χ0n) is 13.5. The van der Waals surface area contributed by atoms with Gasteiger partial charge in [0.15, 0.2) is 0 Å². The molecule has 1 aromatic carbocycles. The fourth-order valence-electron chi connectivity index (χ4n) is 2.84. The van der Waals surface area contributed by atoms with Crippen molar-refractivity contribution in [3.8, 4) is 0 Å². The molecule has 0 radical (unpaired) electrons. The van der Waals surface area contributed by atoms with Gasteiger partial charge in [-0.1, -0.05) is 42.4 Å². The zero-order valence-corrected chi connectivity index (χ0v) is 13.5. The monoisotopic (exact) mass is 314 g/mol. The van der Waals surface area contributed by atoms with E-state index in [4.69, 9.17) is 5.53 Å². The van der Waals surface area contributed by atoms with E-state index in [1.807, 2.05) is 19.1 Å². The Labute approximate surface area is 136 Å². The van der Waals surface area contributed by atoms with Crippen LogP contribution in [0.2, 0.25) is 0 Å². The van der Waals surface area contributed by atoms with Crippen LogP contribution >= 0.6 is 0 Å². The first-order valence-electron chi connectivity index (χ1n) is 8.13. The number of amides is 1. The van der Waals surface area contributed by atoms with E-state index in [-0.39, 0.29) is 5.78 Å². The molecular formula is C17H22N4O2. The van der Waals surface area contributed by atoms with Gasteiger partial charge in [0.2, 0.25) is 0 Å². The SMILES string of the molecule is Cc1ccc2c(c1)C(=O)C(=O)N2CCCCCCCCN=[N+]=[N-]. The molecule has 6 nitrogen and oxygen atoms in total. The van der Waals surface area contributed by atoms with Gasteiger partial charge in [0.25, 0.3) is 11.7 Å². The molecule has 0 saturated carbocycles. The van der Waals surface area contributed by atoms with Gasteiger partial charge in [-0.3, -0.25) is 9.59 Å². The van der Waals surface area contributed by atoms with E-state index in [1.165, 1.54) is 0 Å². The molecule has 23 heavy (non-hydrogen) atoms. The zero-order chi connectivity index (χ0) is 16.7. The molecule has 1 aliphatic heterocycles. The van der Waals surface area contributed by atoms with Gasteiger partial charge in [-0.05, 0) is 37.4 Å². The number of hydrogen-bond donors (Lipinski definition) is 0. The molecule has 1 aromatic rings. The third kappa shape index (κ3) is 4.33. The van der Waals surface area contributed by atoms with Gasteiger partial charge in [-0.2, -0.15) is 0 Å². The average Bonchev–Trinajstić information content (AvgIpc) is 2.78. The Morgan fingerprint density at radius 2 is 1.78 bits per heavy atom. The van der Waals surface area contributed by atoms with Crippen LogP contribution in [0, 0.1) is 6.92 Å². The van der Waals surface area contributed by atoms with Crippen molar-refractivity contribution < 1.29 is 9.59 Å². The molecule has 1 aliphatic rings.